The number of aryl methyl sites for hydroxylation is 1. The maximum atomic E-state index is 10.5. The molecule has 0 heterocycles. The van der Waals surface area contributed by atoms with Gasteiger partial charge in [-0.3, -0.25) is 4.55 Å². The number of aliphatic hydroxyl groups is 1. The Balaban J connectivity index is 0.000000567. The molecule has 1 unspecified atom stereocenters. The average Bonchev–Trinajstić information content (AvgIpc) is 2.64. The smallest absolute Gasteiger partial charge is 0.294 e. The number of aliphatic hydroxyl groups excluding tert-OH is 1. The van der Waals surface area contributed by atoms with E-state index in [9.17, 15) is 8.42 Å². The van der Waals surface area contributed by atoms with Crippen molar-refractivity contribution in [3.05, 3.63) is 29.8 Å². The molecule has 5 heteroatoms. The van der Waals surface area contributed by atoms with Gasteiger partial charge in [0.25, 0.3) is 10.1 Å². The Morgan fingerprint density at radius 2 is 1.29 bits per heavy atom. The third-order valence-corrected chi connectivity index (χ3v) is 5.86. The Morgan fingerprint density at radius 1 is 0.821 bits per heavy atom. The minimum absolute atomic E-state index is 0.0666. The molecule has 0 aliphatic rings. The van der Waals surface area contributed by atoms with E-state index in [2.05, 4.69) is 13.8 Å². The summed E-state index contributed by atoms with van der Waals surface area (Å²) < 4.78 is 29.6. The van der Waals surface area contributed by atoms with Gasteiger partial charge in [0.15, 0.2) is 0 Å². The summed E-state index contributed by atoms with van der Waals surface area (Å²) in [6.45, 7) is 6.73. The average molecular weight is 415 g/mol. The molecule has 1 aromatic rings. The molecule has 1 atom stereocenters. The standard InChI is InChI=1S/C16H34O.C7H8O3S/c1-3-4-5-6-7-8-9-10-11-12-13-16(2)14-15-17;1-6-2-4-7(5-3-6)11(8,9)10/h16-17H,3-15H2,1-2H3;2-5H,1H3,(H,8,9,10). The van der Waals surface area contributed by atoms with Crippen LogP contribution in [-0.2, 0) is 10.1 Å². The van der Waals surface area contributed by atoms with Gasteiger partial charge in [0.1, 0.15) is 0 Å². The minimum atomic E-state index is -4.02. The number of unbranched alkanes of at least 4 members (excludes halogenated alkanes) is 9. The molecule has 0 fully saturated rings. The van der Waals surface area contributed by atoms with Crippen LogP contribution < -0.4 is 0 Å². The topological polar surface area (TPSA) is 74.6 Å². The van der Waals surface area contributed by atoms with E-state index in [4.69, 9.17) is 9.66 Å². The van der Waals surface area contributed by atoms with Crippen molar-refractivity contribution in [1.82, 2.24) is 0 Å². The van der Waals surface area contributed by atoms with Crippen LogP contribution in [-0.4, -0.2) is 24.7 Å². The second-order valence-corrected chi connectivity index (χ2v) is 9.30. The Hall–Kier alpha value is -0.910. The largest absolute Gasteiger partial charge is 0.396 e. The number of rotatable bonds is 14. The van der Waals surface area contributed by atoms with Gasteiger partial charge in [0.2, 0.25) is 0 Å². The van der Waals surface area contributed by atoms with Gasteiger partial charge in [-0.1, -0.05) is 102 Å². The van der Waals surface area contributed by atoms with Crippen molar-refractivity contribution in [3.8, 4) is 0 Å². The maximum Gasteiger partial charge on any atom is 0.294 e. The molecule has 0 aliphatic heterocycles. The lowest BCUT2D eigenvalue weighted by molar-refractivity contribution is 0.256. The lowest BCUT2D eigenvalue weighted by atomic mass is 9.99. The van der Waals surface area contributed by atoms with Crippen molar-refractivity contribution in [2.24, 2.45) is 5.92 Å². The van der Waals surface area contributed by atoms with Gasteiger partial charge in [-0.2, -0.15) is 8.42 Å². The summed E-state index contributed by atoms with van der Waals surface area (Å²) in [6, 6.07) is 5.99. The summed E-state index contributed by atoms with van der Waals surface area (Å²) in [5.41, 5.74) is 0.956. The van der Waals surface area contributed by atoms with Gasteiger partial charge in [0, 0.05) is 6.61 Å². The minimum Gasteiger partial charge on any atom is -0.396 e. The lowest BCUT2D eigenvalue weighted by Gasteiger charge is -2.08. The molecule has 0 aromatic heterocycles. The van der Waals surface area contributed by atoms with E-state index in [1.54, 1.807) is 12.1 Å². The first-order chi connectivity index (χ1) is 13.3. The maximum absolute atomic E-state index is 10.5. The Kier molecular flexibility index (Phi) is 16.4. The molecule has 1 rings (SSSR count). The first kappa shape index (κ1) is 27.1. The van der Waals surface area contributed by atoms with Crippen LogP contribution in [0.1, 0.15) is 96.5 Å². The molecule has 0 saturated heterocycles. The summed E-state index contributed by atoms with van der Waals surface area (Å²) in [5, 5.41) is 8.80. The van der Waals surface area contributed by atoms with E-state index in [0.717, 1.165) is 12.0 Å². The van der Waals surface area contributed by atoms with Crippen LogP contribution in [0.15, 0.2) is 29.2 Å². The van der Waals surface area contributed by atoms with Crippen molar-refractivity contribution >= 4 is 10.1 Å². The van der Waals surface area contributed by atoms with Crippen LogP contribution in [0, 0.1) is 12.8 Å². The van der Waals surface area contributed by atoms with E-state index in [-0.39, 0.29) is 4.90 Å². The highest BCUT2D eigenvalue weighted by Gasteiger charge is 2.06. The fourth-order valence-corrected chi connectivity index (χ4v) is 3.54. The summed E-state index contributed by atoms with van der Waals surface area (Å²) in [7, 11) is -4.02. The molecular formula is C23H42O4S. The van der Waals surface area contributed by atoms with Crippen molar-refractivity contribution in [2.45, 2.75) is 103 Å². The van der Waals surface area contributed by atoms with Gasteiger partial charge in [0.05, 0.1) is 4.90 Å². The highest BCUT2D eigenvalue weighted by Crippen LogP contribution is 2.15. The summed E-state index contributed by atoms with van der Waals surface area (Å²) in [5.74, 6) is 0.717. The summed E-state index contributed by atoms with van der Waals surface area (Å²) in [6.07, 6.45) is 16.4. The quantitative estimate of drug-likeness (QED) is 0.267. The molecule has 0 radical (unpaired) electrons. The van der Waals surface area contributed by atoms with Gasteiger partial charge in [-0.15, -0.1) is 0 Å². The van der Waals surface area contributed by atoms with Crippen LogP contribution >= 0.6 is 0 Å². The Bertz CT molecular complexity index is 567. The fourth-order valence-electron chi connectivity index (χ4n) is 3.06. The molecule has 0 saturated carbocycles. The van der Waals surface area contributed by atoms with Crippen LogP contribution in [0.25, 0.3) is 0 Å². The highest BCUT2D eigenvalue weighted by molar-refractivity contribution is 7.85. The molecule has 164 valence electrons. The van der Waals surface area contributed by atoms with Crippen molar-refractivity contribution in [2.75, 3.05) is 6.61 Å². The highest BCUT2D eigenvalue weighted by atomic mass is 32.2. The predicted molar refractivity (Wildman–Crippen MR) is 118 cm³/mol. The molecule has 28 heavy (non-hydrogen) atoms. The first-order valence-electron chi connectivity index (χ1n) is 11.0. The predicted octanol–water partition coefficient (Wildman–Crippen LogP) is 6.56. The molecule has 0 amide bonds. The first-order valence-corrected chi connectivity index (χ1v) is 12.4. The number of hydrogen-bond donors (Lipinski definition) is 2. The SMILES string of the molecule is CCCCCCCCCCCCC(C)CCO.Cc1ccc(S(=O)(=O)O)cc1. The molecule has 2 N–H and O–H groups in total. The van der Waals surface area contributed by atoms with Crippen LogP contribution in [0.5, 0.6) is 0 Å². The van der Waals surface area contributed by atoms with Crippen LogP contribution in [0.3, 0.4) is 0 Å². The van der Waals surface area contributed by atoms with Crippen molar-refractivity contribution in [1.29, 1.82) is 0 Å². The van der Waals surface area contributed by atoms with Crippen LogP contribution in [0.4, 0.5) is 0 Å². The molecular weight excluding hydrogens is 372 g/mol. The van der Waals surface area contributed by atoms with E-state index in [0.29, 0.717) is 12.5 Å². The summed E-state index contributed by atoms with van der Waals surface area (Å²) >= 11 is 0. The molecule has 1 aromatic carbocycles. The third kappa shape index (κ3) is 16.1. The zero-order valence-corrected chi connectivity index (χ0v) is 19.0. The van der Waals surface area contributed by atoms with Crippen molar-refractivity contribution in [3.63, 3.8) is 0 Å². The second kappa shape index (κ2) is 17.0. The number of benzene rings is 1. The Labute approximate surface area is 173 Å². The molecule has 0 bridgehead atoms. The molecule has 0 aliphatic carbocycles. The normalized spacial score (nSPS) is 12.3. The lowest BCUT2D eigenvalue weighted by Crippen LogP contribution is -1.97. The van der Waals surface area contributed by atoms with E-state index < -0.39 is 10.1 Å². The zero-order chi connectivity index (χ0) is 21.3. The number of hydrogen-bond acceptors (Lipinski definition) is 3. The molecule has 0 spiro atoms. The van der Waals surface area contributed by atoms with Crippen molar-refractivity contribution < 1.29 is 18.1 Å². The Morgan fingerprint density at radius 3 is 1.71 bits per heavy atom. The molecule has 4 nitrogen and oxygen atoms in total. The third-order valence-electron chi connectivity index (χ3n) is 4.99. The van der Waals surface area contributed by atoms with E-state index >= 15 is 0 Å². The van der Waals surface area contributed by atoms with Gasteiger partial charge >= 0.3 is 0 Å². The monoisotopic (exact) mass is 414 g/mol. The fraction of sp³-hybridized carbons (Fsp3) is 0.739. The van der Waals surface area contributed by atoms with E-state index in [1.165, 1.54) is 82.8 Å². The van der Waals surface area contributed by atoms with E-state index in [1.807, 2.05) is 6.92 Å². The van der Waals surface area contributed by atoms with Crippen LogP contribution in [0.2, 0.25) is 0 Å². The van der Waals surface area contributed by atoms with Gasteiger partial charge in [-0.05, 0) is 31.4 Å². The zero-order valence-electron chi connectivity index (χ0n) is 18.2. The van der Waals surface area contributed by atoms with Gasteiger partial charge < -0.3 is 5.11 Å². The summed E-state index contributed by atoms with van der Waals surface area (Å²) in [4.78, 5) is -0.0666. The van der Waals surface area contributed by atoms with Gasteiger partial charge in [-0.25, -0.2) is 0 Å². The second-order valence-electron chi connectivity index (χ2n) is 7.88.